The van der Waals surface area contributed by atoms with Crippen LogP contribution in [0.4, 0.5) is 0 Å². The number of hydrogen-bond acceptors (Lipinski definition) is 2. The highest BCUT2D eigenvalue weighted by atomic mass is 16.5. The third-order valence-corrected chi connectivity index (χ3v) is 4.15. The van der Waals surface area contributed by atoms with Gasteiger partial charge in [-0.15, -0.1) is 0 Å². The second kappa shape index (κ2) is 8.31. The van der Waals surface area contributed by atoms with E-state index in [0.717, 1.165) is 43.6 Å². The average molecular weight is 276 g/mol. The van der Waals surface area contributed by atoms with Gasteiger partial charge in [0.2, 0.25) is 0 Å². The van der Waals surface area contributed by atoms with Gasteiger partial charge in [-0.05, 0) is 42.5 Å². The van der Waals surface area contributed by atoms with Gasteiger partial charge in [-0.25, -0.2) is 0 Å². The number of aryl methyl sites for hydroxylation is 1. The Kier molecular flexibility index (Phi) is 6.38. The molecule has 2 nitrogen and oxygen atoms in total. The van der Waals surface area contributed by atoms with Crippen LogP contribution in [-0.4, -0.2) is 11.7 Å². The monoisotopic (exact) mass is 276 g/mol. The molecule has 1 aliphatic heterocycles. The number of hydrogen-bond donors (Lipinski definition) is 1. The number of aliphatic hydroxyl groups excluding tert-OH is 1. The van der Waals surface area contributed by atoms with Crippen molar-refractivity contribution in [2.24, 2.45) is 0 Å². The van der Waals surface area contributed by atoms with Crippen molar-refractivity contribution >= 4 is 0 Å². The maximum atomic E-state index is 10.3. The summed E-state index contributed by atoms with van der Waals surface area (Å²) in [5.41, 5.74) is 2.32. The molecule has 0 radical (unpaired) electrons. The summed E-state index contributed by atoms with van der Waals surface area (Å²) in [4.78, 5) is 0. The van der Waals surface area contributed by atoms with Crippen LogP contribution in [-0.2, 0) is 6.42 Å². The van der Waals surface area contributed by atoms with Crippen molar-refractivity contribution in [1.29, 1.82) is 0 Å². The minimum absolute atomic E-state index is 0.312. The Balaban J connectivity index is 1.76. The van der Waals surface area contributed by atoms with Crippen LogP contribution in [0.3, 0.4) is 0 Å². The van der Waals surface area contributed by atoms with Gasteiger partial charge in [0.05, 0.1) is 12.7 Å². The van der Waals surface area contributed by atoms with Gasteiger partial charge in [0, 0.05) is 0 Å². The molecule has 2 heteroatoms. The van der Waals surface area contributed by atoms with E-state index in [-0.39, 0.29) is 6.10 Å². The van der Waals surface area contributed by atoms with Crippen molar-refractivity contribution in [3.63, 3.8) is 0 Å². The predicted molar refractivity (Wildman–Crippen MR) is 83.2 cm³/mol. The van der Waals surface area contributed by atoms with Crippen LogP contribution in [0.15, 0.2) is 18.2 Å². The first kappa shape index (κ1) is 15.4. The van der Waals surface area contributed by atoms with Gasteiger partial charge in [0.1, 0.15) is 5.75 Å². The SMILES string of the molecule is CCCCCCCCC(O)c1ccc2c(c1)CCCO2. The molecule has 1 atom stereocenters. The third-order valence-electron chi connectivity index (χ3n) is 4.15. The van der Waals surface area contributed by atoms with E-state index in [1.54, 1.807) is 0 Å². The summed E-state index contributed by atoms with van der Waals surface area (Å²) in [5, 5.41) is 10.3. The van der Waals surface area contributed by atoms with E-state index < -0.39 is 0 Å². The van der Waals surface area contributed by atoms with Crippen LogP contribution in [0.2, 0.25) is 0 Å². The first-order chi connectivity index (χ1) is 9.81. The lowest BCUT2D eigenvalue weighted by Crippen LogP contribution is -2.09. The highest BCUT2D eigenvalue weighted by molar-refractivity contribution is 5.39. The van der Waals surface area contributed by atoms with Gasteiger partial charge < -0.3 is 9.84 Å². The number of rotatable bonds is 8. The molecule has 0 spiro atoms. The number of fused-ring (bicyclic) bond motifs is 1. The third kappa shape index (κ3) is 4.52. The molecule has 1 heterocycles. The van der Waals surface area contributed by atoms with E-state index in [1.807, 2.05) is 12.1 Å². The van der Waals surface area contributed by atoms with Crippen LogP contribution in [0.5, 0.6) is 5.75 Å². The molecule has 0 fully saturated rings. The summed E-state index contributed by atoms with van der Waals surface area (Å²) in [6.45, 7) is 3.07. The summed E-state index contributed by atoms with van der Waals surface area (Å²) < 4.78 is 5.61. The fourth-order valence-corrected chi connectivity index (χ4v) is 2.87. The first-order valence-electron chi connectivity index (χ1n) is 8.25. The number of unbranched alkanes of at least 4 members (excludes halogenated alkanes) is 5. The standard InChI is InChI=1S/C18H28O2/c1-2-3-4-5-6-7-10-17(19)15-11-12-18-16(14-15)9-8-13-20-18/h11-12,14,17,19H,2-10,13H2,1H3. The Morgan fingerprint density at radius 3 is 2.80 bits per heavy atom. The van der Waals surface area contributed by atoms with Crippen LogP contribution in [0, 0.1) is 0 Å². The Morgan fingerprint density at radius 1 is 1.15 bits per heavy atom. The number of ether oxygens (including phenoxy) is 1. The van der Waals surface area contributed by atoms with Crippen molar-refractivity contribution < 1.29 is 9.84 Å². The van der Waals surface area contributed by atoms with Crippen molar-refractivity contribution in [2.75, 3.05) is 6.61 Å². The molecule has 1 aromatic carbocycles. The average Bonchev–Trinajstić information content (AvgIpc) is 2.50. The molecule has 0 bridgehead atoms. The lowest BCUT2D eigenvalue weighted by molar-refractivity contribution is 0.163. The largest absolute Gasteiger partial charge is 0.493 e. The fourth-order valence-electron chi connectivity index (χ4n) is 2.87. The summed E-state index contributed by atoms with van der Waals surface area (Å²) in [5.74, 6) is 1.01. The van der Waals surface area contributed by atoms with Gasteiger partial charge in [-0.3, -0.25) is 0 Å². The molecule has 1 aromatic rings. The van der Waals surface area contributed by atoms with Gasteiger partial charge in [0.15, 0.2) is 0 Å². The Morgan fingerprint density at radius 2 is 1.95 bits per heavy atom. The highest BCUT2D eigenvalue weighted by Gasteiger charge is 2.14. The molecule has 0 saturated heterocycles. The topological polar surface area (TPSA) is 29.5 Å². The second-order valence-corrected chi connectivity index (χ2v) is 5.89. The van der Waals surface area contributed by atoms with Gasteiger partial charge >= 0.3 is 0 Å². The molecule has 112 valence electrons. The molecule has 2 rings (SSSR count). The summed E-state index contributed by atoms with van der Waals surface area (Å²) in [6.07, 6.45) is 10.4. The van der Waals surface area contributed by atoms with Crippen LogP contribution in [0.1, 0.15) is 75.5 Å². The molecular formula is C18H28O2. The van der Waals surface area contributed by atoms with Gasteiger partial charge in [-0.1, -0.05) is 51.5 Å². The van der Waals surface area contributed by atoms with E-state index in [4.69, 9.17) is 4.74 Å². The number of aliphatic hydroxyl groups is 1. The smallest absolute Gasteiger partial charge is 0.122 e. The van der Waals surface area contributed by atoms with E-state index >= 15 is 0 Å². The van der Waals surface area contributed by atoms with Gasteiger partial charge in [-0.2, -0.15) is 0 Å². The Bertz CT molecular complexity index is 400. The van der Waals surface area contributed by atoms with Crippen molar-refractivity contribution in [2.45, 2.75) is 70.8 Å². The van der Waals surface area contributed by atoms with Crippen LogP contribution >= 0.6 is 0 Å². The second-order valence-electron chi connectivity index (χ2n) is 5.89. The lowest BCUT2D eigenvalue weighted by atomic mass is 9.97. The fraction of sp³-hybridized carbons (Fsp3) is 0.667. The van der Waals surface area contributed by atoms with Crippen LogP contribution in [0.25, 0.3) is 0 Å². The molecule has 0 aromatic heterocycles. The normalized spacial score (nSPS) is 15.5. The molecule has 0 saturated carbocycles. The molecule has 1 unspecified atom stereocenters. The maximum Gasteiger partial charge on any atom is 0.122 e. The zero-order valence-electron chi connectivity index (χ0n) is 12.7. The molecular weight excluding hydrogens is 248 g/mol. The highest BCUT2D eigenvalue weighted by Crippen LogP contribution is 2.29. The van der Waals surface area contributed by atoms with E-state index in [1.165, 1.54) is 37.7 Å². The van der Waals surface area contributed by atoms with E-state index in [0.29, 0.717) is 0 Å². The van der Waals surface area contributed by atoms with Crippen molar-refractivity contribution in [3.8, 4) is 5.75 Å². The zero-order chi connectivity index (χ0) is 14.2. The maximum absolute atomic E-state index is 10.3. The predicted octanol–water partition coefficient (Wildman–Crippen LogP) is 4.80. The molecule has 1 aliphatic rings. The summed E-state index contributed by atoms with van der Waals surface area (Å²) in [6, 6.07) is 6.18. The van der Waals surface area contributed by atoms with E-state index in [9.17, 15) is 5.11 Å². The lowest BCUT2D eigenvalue weighted by Gasteiger charge is -2.19. The summed E-state index contributed by atoms with van der Waals surface area (Å²) in [7, 11) is 0. The molecule has 20 heavy (non-hydrogen) atoms. The summed E-state index contributed by atoms with van der Waals surface area (Å²) >= 11 is 0. The molecule has 0 amide bonds. The molecule has 1 N–H and O–H groups in total. The minimum Gasteiger partial charge on any atom is -0.493 e. The van der Waals surface area contributed by atoms with Crippen LogP contribution < -0.4 is 4.74 Å². The minimum atomic E-state index is -0.312. The van der Waals surface area contributed by atoms with Gasteiger partial charge in [0.25, 0.3) is 0 Å². The van der Waals surface area contributed by atoms with E-state index in [2.05, 4.69) is 13.0 Å². The molecule has 0 aliphatic carbocycles. The first-order valence-corrected chi connectivity index (χ1v) is 8.25. The Hall–Kier alpha value is -1.02. The Labute approximate surface area is 123 Å². The number of benzene rings is 1. The van der Waals surface area contributed by atoms with Crippen molar-refractivity contribution in [3.05, 3.63) is 29.3 Å². The zero-order valence-corrected chi connectivity index (χ0v) is 12.7. The quantitative estimate of drug-likeness (QED) is 0.691. The van der Waals surface area contributed by atoms with Crippen molar-refractivity contribution in [1.82, 2.24) is 0 Å².